The Balaban J connectivity index is 1.84. The van der Waals surface area contributed by atoms with Crippen molar-refractivity contribution in [2.45, 2.75) is 13.8 Å². The SMILES string of the molecule is CC(C)COCCOc1ccccc1N1CCNCC1. The number of para-hydroxylation sites is 2. The van der Waals surface area contributed by atoms with E-state index in [4.69, 9.17) is 9.47 Å². The summed E-state index contributed by atoms with van der Waals surface area (Å²) in [5.74, 6) is 1.53. The second kappa shape index (κ2) is 8.12. The van der Waals surface area contributed by atoms with Crippen molar-refractivity contribution in [1.29, 1.82) is 0 Å². The summed E-state index contributed by atoms with van der Waals surface area (Å²) in [6.07, 6.45) is 0. The maximum Gasteiger partial charge on any atom is 0.142 e. The van der Waals surface area contributed by atoms with Crippen LogP contribution in [0, 0.1) is 5.92 Å². The lowest BCUT2D eigenvalue weighted by Gasteiger charge is -2.30. The zero-order chi connectivity index (χ0) is 14.2. The summed E-state index contributed by atoms with van der Waals surface area (Å²) in [7, 11) is 0. The van der Waals surface area contributed by atoms with E-state index in [9.17, 15) is 0 Å². The van der Waals surface area contributed by atoms with Crippen LogP contribution in [-0.4, -0.2) is 46.0 Å². The third-order valence-corrected chi connectivity index (χ3v) is 3.26. The van der Waals surface area contributed by atoms with Crippen molar-refractivity contribution in [3.63, 3.8) is 0 Å². The minimum absolute atomic E-state index is 0.572. The standard InChI is InChI=1S/C16H26N2O2/c1-14(2)13-19-11-12-20-16-6-4-3-5-15(16)18-9-7-17-8-10-18/h3-6,14,17H,7-13H2,1-2H3. The monoisotopic (exact) mass is 278 g/mol. The first-order chi connectivity index (χ1) is 9.77. The molecule has 0 radical (unpaired) electrons. The molecule has 0 atom stereocenters. The van der Waals surface area contributed by atoms with Gasteiger partial charge in [-0.2, -0.15) is 0 Å². The summed E-state index contributed by atoms with van der Waals surface area (Å²) < 4.78 is 11.4. The smallest absolute Gasteiger partial charge is 0.142 e. The molecular weight excluding hydrogens is 252 g/mol. The highest BCUT2D eigenvalue weighted by Crippen LogP contribution is 2.28. The number of nitrogens with one attached hydrogen (secondary N) is 1. The molecule has 1 aromatic carbocycles. The average Bonchev–Trinajstić information content (AvgIpc) is 2.48. The topological polar surface area (TPSA) is 33.7 Å². The number of ether oxygens (including phenoxy) is 2. The number of piperazine rings is 1. The summed E-state index contributed by atoms with van der Waals surface area (Å²) in [4.78, 5) is 2.38. The molecule has 1 fully saturated rings. The van der Waals surface area contributed by atoms with Gasteiger partial charge in [-0.15, -0.1) is 0 Å². The Morgan fingerprint density at radius 1 is 1.15 bits per heavy atom. The van der Waals surface area contributed by atoms with Gasteiger partial charge in [0, 0.05) is 32.8 Å². The molecule has 0 amide bonds. The molecular formula is C16H26N2O2. The highest BCUT2D eigenvalue weighted by molar-refractivity contribution is 5.58. The van der Waals surface area contributed by atoms with Gasteiger partial charge in [-0.25, -0.2) is 0 Å². The molecule has 1 N–H and O–H groups in total. The molecule has 1 aliphatic rings. The van der Waals surface area contributed by atoms with Gasteiger partial charge in [0.05, 0.1) is 12.3 Å². The summed E-state index contributed by atoms with van der Waals surface area (Å²) in [6, 6.07) is 8.27. The highest BCUT2D eigenvalue weighted by atomic mass is 16.5. The van der Waals surface area contributed by atoms with Crippen LogP contribution in [0.4, 0.5) is 5.69 Å². The molecule has 1 aliphatic heterocycles. The Bertz CT molecular complexity index is 390. The lowest BCUT2D eigenvalue weighted by Crippen LogP contribution is -2.43. The number of hydrogen-bond donors (Lipinski definition) is 1. The number of benzene rings is 1. The number of anilines is 1. The summed E-state index contributed by atoms with van der Waals surface area (Å²) in [5.41, 5.74) is 1.19. The van der Waals surface area contributed by atoms with Gasteiger partial charge in [-0.3, -0.25) is 0 Å². The molecule has 0 aliphatic carbocycles. The Hall–Kier alpha value is -1.26. The summed E-state index contributed by atoms with van der Waals surface area (Å²) >= 11 is 0. The van der Waals surface area contributed by atoms with Gasteiger partial charge < -0.3 is 19.7 Å². The van der Waals surface area contributed by atoms with Gasteiger partial charge in [-0.1, -0.05) is 26.0 Å². The van der Waals surface area contributed by atoms with Crippen LogP contribution in [0.25, 0.3) is 0 Å². The lowest BCUT2D eigenvalue weighted by atomic mass is 10.2. The van der Waals surface area contributed by atoms with Crippen LogP contribution in [-0.2, 0) is 4.74 Å². The lowest BCUT2D eigenvalue weighted by molar-refractivity contribution is 0.0820. The first-order valence-corrected chi connectivity index (χ1v) is 7.52. The van der Waals surface area contributed by atoms with E-state index >= 15 is 0 Å². The normalized spacial score (nSPS) is 15.7. The molecule has 0 aromatic heterocycles. The Morgan fingerprint density at radius 2 is 1.90 bits per heavy atom. The molecule has 0 spiro atoms. The van der Waals surface area contributed by atoms with Crippen LogP contribution in [0.2, 0.25) is 0 Å². The predicted molar refractivity (Wildman–Crippen MR) is 82.7 cm³/mol. The third-order valence-electron chi connectivity index (χ3n) is 3.26. The first kappa shape index (κ1) is 15.1. The van der Waals surface area contributed by atoms with Gasteiger partial charge in [0.2, 0.25) is 0 Å². The second-order valence-electron chi connectivity index (χ2n) is 5.52. The van der Waals surface area contributed by atoms with E-state index in [1.165, 1.54) is 5.69 Å². The van der Waals surface area contributed by atoms with Crippen LogP contribution in [0.1, 0.15) is 13.8 Å². The minimum Gasteiger partial charge on any atom is -0.489 e. The van der Waals surface area contributed by atoms with Crippen molar-refractivity contribution in [2.75, 3.05) is 50.9 Å². The van der Waals surface area contributed by atoms with E-state index < -0.39 is 0 Å². The molecule has 4 heteroatoms. The highest BCUT2D eigenvalue weighted by Gasteiger charge is 2.14. The van der Waals surface area contributed by atoms with Crippen LogP contribution in [0.5, 0.6) is 5.75 Å². The largest absolute Gasteiger partial charge is 0.489 e. The Kier molecular flexibility index (Phi) is 6.15. The maximum atomic E-state index is 5.89. The van der Waals surface area contributed by atoms with Crippen molar-refractivity contribution >= 4 is 5.69 Å². The van der Waals surface area contributed by atoms with Crippen molar-refractivity contribution in [3.05, 3.63) is 24.3 Å². The Labute approximate surface area is 122 Å². The molecule has 20 heavy (non-hydrogen) atoms. The van der Waals surface area contributed by atoms with E-state index in [0.29, 0.717) is 19.1 Å². The Morgan fingerprint density at radius 3 is 2.65 bits per heavy atom. The van der Waals surface area contributed by atoms with E-state index in [-0.39, 0.29) is 0 Å². The molecule has 1 aromatic rings. The fraction of sp³-hybridized carbons (Fsp3) is 0.625. The fourth-order valence-electron chi connectivity index (χ4n) is 2.28. The van der Waals surface area contributed by atoms with E-state index in [2.05, 4.69) is 36.2 Å². The zero-order valence-electron chi connectivity index (χ0n) is 12.6. The van der Waals surface area contributed by atoms with Crippen LogP contribution in [0.15, 0.2) is 24.3 Å². The summed E-state index contributed by atoms with van der Waals surface area (Å²) in [6.45, 7) is 10.5. The quantitative estimate of drug-likeness (QED) is 0.775. The maximum absolute atomic E-state index is 5.89. The van der Waals surface area contributed by atoms with Gasteiger partial charge >= 0.3 is 0 Å². The van der Waals surface area contributed by atoms with Crippen molar-refractivity contribution in [2.24, 2.45) is 5.92 Å². The minimum atomic E-state index is 0.572. The van der Waals surface area contributed by atoms with E-state index in [1.54, 1.807) is 0 Å². The molecule has 2 rings (SSSR count). The number of hydrogen-bond acceptors (Lipinski definition) is 4. The van der Waals surface area contributed by atoms with Crippen LogP contribution < -0.4 is 15.0 Å². The van der Waals surface area contributed by atoms with E-state index in [0.717, 1.165) is 38.5 Å². The molecule has 4 nitrogen and oxygen atoms in total. The molecule has 0 bridgehead atoms. The number of rotatable bonds is 7. The van der Waals surface area contributed by atoms with Crippen LogP contribution >= 0.6 is 0 Å². The average molecular weight is 278 g/mol. The van der Waals surface area contributed by atoms with Gasteiger partial charge in [0.1, 0.15) is 12.4 Å². The molecule has 0 unspecified atom stereocenters. The van der Waals surface area contributed by atoms with Gasteiger partial charge in [0.25, 0.3) is 0 Å². The van der Waals surface area contributed by atoms with Crippen LogP contribution in [0.3, 0.4) is 0 Å². The molecule has 1 heterocycles. The van der Waals surface area contributed by atoms with Crippen molar-refractivity contribution < 1.29 is 9.47 Å². The summed E-state index contributed by atoms with van der Waals surface area (Å²) in [5, 5.41) is 3.37. The van der Waals surface area contributed by atoms with Crippen molar-refractivity contribution in [1.82, 2.24) is 5.32 Å². The first-order valence-electron chi connectivity index (χ1n) is 7.52. The molecule has 1 saturated heterocycles. The fourth-order valence-corrected chi connectivity index (χ4v) is 2.28. The van der Waals surface area contributed by atoms with Gasteiger partial charge in [-0.05, 0) is 18.1 Å². The van der Waals surface area contributed by atoms with Gasteiger partial charge in [0.15, 0.2) is 0 Å². The third kappa shape index (κ3) is 4.69. The molecule has 112 valence electrons. The van der Waals surface area contributed by atoms with E-state index in [1.807, 2.05) is 12.1 Å². The molecule has 0 saturated carbocycles. The van der Waals surface area contributed by atoms with Crippen molar-refractivity contribution in [3.8, 4) is 5.75 Å². The second-order valence-corrected chi connectivity index (χ2v) is 5.52. The number of nitrogens with zero attached hydrogens (tertiary/aromatic N) is 1. The zero-order valence-corrected chi connectivity index (χ0v) is 12.6. The predicted octanol–water partition coefficient (Wildman–Crippen LogP) is 2.15.